The van der Waals surface area contributed by atoms with Crippen LogP contribution in [-0.4, -0.2) is 105 Å². The molecule has 3 aliphatic heterocycles. The number of ether oxygens (including phenoxy) is 3. The number of hydrogen-bond donors (Lipinski definition) is 3. The van der Waals surface area contributed by atoms with Crippen LogP contribution in [0.5, 0.6) is 0 Å². The smallest absolute Gasteiger partial charge is 0.397 e. The number of aliphatic hydroxyl groups is 2. The number of aliphatic imine (C=N–C) groups is 1. The Labute approximate surface area is 183 Å². The number of nitrogens with zero attached hydrogens (tertiary/aromatic N) is 1. The van der Waals surface area contributed by atoms with Crippen molar-refractivity contribution in [2.24, 2.45) is 10.9 Å². The molecule has 2 fully saturated rings. The fraction of sp³-hybridized carbons (Fsp3) is 0.800. The molecule has 0 aromatic heterocycles. The zero-order chi connectivity index (χ0) is 23.7. The van der Waals surface area contributed by atoms with Crippen molar-refractivity contribution in [3.63, 3.8) is 0 Å². The van der Waals surface area contributed by atoms with Crippen LogP contribution in [0.3, 0.4) is 0 Å². The summed E-state index contributed by atoms with van der Waals surface area (Å²) >= 11 is 0. The van der Waals surface area contributed by atoms with Crippen LogP contribution in [0.1, 0.15) is 6.42 Å². The molecule has 184 valence electrons. The fourth-order valence-electron chi connectivity index (χ4n) is 3.54. The molecule has 3 N–H and O–H groups in total. The van der Waals surface area contributed by atoms with Crippen molar-refractivity contribution in [3.8, 4) is 0 Å². The second-order valence-corrected chi connectivity index (χ2v) is 9.26. The lowest BCUT2D eigenvalue weighted by molar-refractivity contribution is -0.295. The third-order valence-corrected chi connectivity index (χ3v) is 5.83. The van der Waals surface area contributed by atoms with Gasteiger partial charge < -0.3 is 39.1 Å². The Morgan fingerprint density at radius 2 is 1.88 bits per heavy atom. The highest BCUT2D eigenvalue weighted by Crippen LogP contribution is 2.33. The number of fused-ring (bicyclic) bond motifs is 2. The lowest BCUT2D eigenvalue weighted by atomic mass is 9.94. The van der Waals surface area contributed by atoms with E-state index in [0.29, 0.717) is 6.42 Å². The Morgan fingerprint density at radius 1 is 1.16 bits per heavy atom. The van der Waals surface area contributed by atoms with Crippen molar-refractivity contribution in [2.75, 3.05) is 19.8 Å². The van der Waals surface area contributed by atoms with E-state index in [1.165, 1.54) is 0 Å². The fourth-order valence-corrected chi connectivity index (χ4v) is 4.35. The third kappa shape index (κ3) is 6.64. The van der Waals surface area contributed by atoms with Gasteiger partial charge in [-0.15, -0.1) is 0 Å². The standard InChI is InChI=1S/C15H23NO14S2/c17-11-10(6-27-31(20,21)22)29-15(12(18)13(11)30-32(23,24)25)26-4-3-16-14(19)8-5-7-1-2-9(8)28-7/h1-2,7-13,15,17-18H,3-6H2,(H,16,19)(H,20,21,22)(H,23,24,25)/p-2/t7-,8-,9+,10+,11-,12+,13-,15+/m0/s1. The zero-order valence-electron chi connectivity index (χ0n) is 16.2. The van der Waals surface area contributed by atoms with E-state index in [9.17, 15) is 36.7 Å². The van der Waals surface area contributed by atoms with E-state index in [1.807, 2.05) is 6.08 Å². The molecule has 3 heterocycles. The quantitative estimate of drug-likeness (QED) is 0.0648. The van der Waals surface area contributed by atoms with E-state index in [1.54, 1.807) is 6.08 Å². The maximum absolute atomic E-state index is 12.2. The third-order valence-electron chi connectivity index (χ3n) is 4.94. The van der Waals surface area contributed by atoms with Crippen LogP contribution in [0, 0.1) is 5.92 Å². The van der Waals surface area contributed by atoms with E-state index in [4.69, 9.17) is 18.8 Å². The Kier molecular flexibility index (Phi) is 7.88. The normalized spacial score (nSPS) is 37.8. The van der Waals surface area contributed by atoms with Gasteiger partial charge in [-0.25, -0.2) is 12.6 Å². The van der Waals surface area contributed by atoms with Crippen molar-refractivity contribution in [1.82, 2.24) is 0 Å². The highest BCUT2D eigenvalue weighted by Gasteiger charge is 2.48. The van der Waals surface area contributed by atoms with Crippen molar-refractivity contribution >= 4 is 26.7 Å². The predicted molar refractivity (Wildman–Crippen MR) is 96.9 cm³/mol. The van der Waals surface area contributed by atoms with Gasteiger partial charge in [-0.3, -0.25) is 8.74 Å². The van der Waals surface area contributed by atoms with Gasteiger partial charge >= 0.3 is 10.4 Å². The predicted octanol–water partition coefficient (Wildman–Crippen LogP) is -3.78. The molecular formula is C15H21NO14S2-2. The van der Waals surface area contributed by atoms with Crippen LogP contribution in [-0.2, 0) is 43.4 Å². The van der Waals surface area contributed by atoms with Gasteiger partial charge in [0.15, 0.2) is 6.29 Å². The van der Waals surface area contributed by atoms with Crippen LogP contribution >= 0.6 is 0 Å². The molecule has 0 aromatic carbocycles. The molecule has 0 radical (unpaired) electrons. The lowest BCUT2D eigenvalue weighted by Crippen LogP contribution is -2.60. The minimum Gasteiger partial charge on any atom is -0.862 e. The Balaban J connectivity index is 1.60. The highest BCUT2D eigenvalue weighted by atomic mass is 32.3. The summed E-state index contributed by atoms with van der Waals surface area (Å²) in [5.41, 5.74) is 0. The minimum absolute atomic E-state index is 0.116. The van der Waals surface area contributed by atoms with Gasteiger partial charge in [0, 0.05) is 5.92 Å². The van der Waals surface area contributed by atoms with Crippen molar-refractivity contribution < 1.29 is 63.8 Å². The largest absolute Gasteiger partial charge is 0.862 e. The summed E-state index contributed by atoms with van der Waals surface area (Å²) in [4.78, 5) is 3.84. The maximum Gasteiger partial charge on any atom is 0.397 e. The molecule has 2 saturated heterocycles. The molecular weight excluding hydrogens is 482 g/mol. The Morgan fingerprint density at radius 3 is 2.44 bits per heavy atom. The van der Waals surface area contributed by atoms with Gasteiger partial charge in [0.25, 0.3) is 0 Å². The van der Waals surface area contributed by atoms with E-state index in [0.717, 1.165) is 0 Å². The summed E-state index contributed by atoms with van der Waals surface area (Å²) in [5.74, 6) is -0.828. The molecule has 2 bridgehead atoms. The van der Waals surface area contributed by atoms with Gasteiger partial charge in [0.05, 0.1) is 32.0 Å². The first-order valence-electron chi connectivity index (χ1n) is 9.28. The molecule has 3 aliphatic rings. The number of rotatable bonds is 10. The van der Waals surface area contributed by atoms with Crippen LogP contribution < -0.4 is 5.11 Å². The van der Waals surface area contributed by atoms with Crippen molar-refractivity contribution in [1.29, 1.82) is 0 Å². The Hall–Kier alpha value is -1.25. The van der Waals surface area contributed by atoms with Crippen molar-refractivity contribution in [3.05, 3.63) is 12.2 Å². The molecule has 0 unspecified atom stereocenters. The first-order valence-corrected chi connectivity index (χ1v) is 12.0. The van der Waals surface area contributed by atoms with Crippen molar-refractivity contribution in [2.45, 2.75) is 49.3 Å². The molecule has 8 atom stereocenters. The molecule has 0 aromatic rings. The van der Waals surface area contributed by atoms with Crippen LogP contribution in [0.25, 0.3) is 0 Å². The molecule has 32 heavy (non-hydrogen) atoms. The monoisotopic (exact) mass is 503 g/mol. The topological polar surface area (TPSA) is 234 Å². The molecule has 0 aliphatic carbocycles. The summed E-state index contributed by atoms with van der Waals surface area (Å²) in [6.07, 6.45) is -5.79. The van der Waals surface area contributed by atoms with Crippen LogP contribution in [0.15, 0.2) is 17.1 Å². The molecule has 0 saturated carbocycles. The average molecular weight is 503 g/mol. The summed E-state index contributed by atoms with van der Waals surface area (Å²) in [6.45, 7) is -1.55. The number of hydrogen-bond acceptors (Lipinski definition) is 14. The number of aliphatic hydroxyl groups excluding tert-OH is 2. The second kappa shape index (κ2) is 9.94. The Bertz CT molecular complexity index is 934. The lowest BCUT2D eigenvalue weighted by Gasteiger charge is -2.41. The van der Waals surface area contributed by atoms with Gasteiger partial charge in [0.2, 0.25) is 10.4 Å². The van der Waals surface area contributed by atoms with E-state index in [2.05, 4.69) is 13.4 Å². The van der Waals surface area contributed by atoms with Gasteiger partial charge in [-0.05, 0) is 12.3 Å². The average Bonchev–Trinajstić information content (AvgIpc) is 3.31. The first-order chi connectivity index (χ1) is 14.8. The van der Waals surface area contributed by atoms with E-state index >= 15 is 0 Å². The minimum atomic E-state index is -5.19. The first kappa shape index (κ1) is 25.4. The van der Waals surface area contributed by atoms with E-state index in [-0.39, 0.29) is 25.4 Å². The molecule has 0 amide bonds. The molecule has 3 rings (SSSR count). The van der Waals surface area contributed by atoms with Crippen LogP contribution in [0.2, 0.25) is 0 Å². The summed E-state index contributed by atoms with van der Waals surface area (Å²) in [6, 6.07) is 0. The van der Waals surface area contributed by atoms with Gasteiger partial charge in [0.1, 0.15) is 24.4 Å². The molecule has 15 nitrogen and oxygen atoms in total. The molecule has 17 heteroatoms. The maximum atomic E-state index is 12.2. The zero-order valence-corrected chi connectivity index (χ0v) is 17.8. The van der Waals surface area contributed by atoms with Gasteiger partial charge in [-0.2, -0.15) is 8.42 Å². The summed E-state index contributed by atoms with van der Waals surface area (Å²) in [7, 11) is -10.4. The summed E-state index contributed by atoms with van der Waals surface area (Å²) < 4.78 is 86.9. The van der Waals surface area contributed by atoms with Crippen LogP contribution in [0.4, 0.5) is 0 Å². The molecule has 0 spiro atoms. The van der Waals surface area contributed by atoms with E-state index < -0.39 is 69.9 Å². The summed E-state index contributed by atoms with van der Waals surface area (Å²) in [5, 5.41) is 32.5. The second-order valence-electron chi connectivity index (χ2n) is 7.16. The SMILES string of the molecule is O=S(=O)([O-])OC[C@H]1O[C@@H](OCCN=C([O-])[C@H]2C[C@@H]3C=C[C@H]2O3)[C@H](O)[C@@H](OS(=O)(=O)O)[C@H]1O. The highest BCUT2D eigenvalue weighted by molar-refractivity contribution is 7.81. The van der Waals surface area contributed by atoms with Gasteiger partial charge in [-0.1, -0.05) is 12.2 Å².